The highest BCUT2D eigenvalue weighted by molar-refractivity contribution is 6.33. The molecule has 0 aliphatic rings. The minimum atomic E-state index is -0.229. The molecular weight excluding hydrogens is 386 g/mol. The Balaban J connectivity index is 2.05. The molecule has 1 amide bonds. The van der Waals surface area contributed by atoms with Crippen molar-refractivity contribution in [1.82, 2.24) is 4.90 Å². The van der Waals surface area contributed by atoms with Gasteiger partial charge in [0.1, 0.15) is 11.5 Å². The summed E-state index contributed by atoms with van der Waals surface area (Å²) < 4.78 is 10.8. The molecule has 4 nitrogen and oxygen atoms in total. The third-order valence-electron chi connectivity index (χ3n) is 4.69. The molecule has 0 aliphatic heterocycles. The number of nitrogens with zero attached hydrogens (tertiary/aromatic N) is 1. The molecule has 1 heterocycles. The molecule has 0 N–H and O–H groups in total. The summed E-state index contributed by atoms with van der Waals surface area (Å²) in [4.78, 5) is 15.3. The van der Waals surface area contributed by atoms with Crippen LogP contribution in [0.4, 0.5) is 0 Å². The van der Waals surface area contributed by atoms with Crippen molar-refractivity contribution in [3.05, 3.63) is 101 Å². The van der Waals surface area contributed by atoms with E-state index in [-0.39, 0.29) is 11.9 Å². The Labute approximate surface area is 176 Å². The fourth-order valence-electron chi connectivity index (χ4n) is 3.25. The standard InChI is InChI=1S/C24H24ClNO3/c1-17(2)15-23(18-10-12-19(28-3)13-11-18)26(16-20-7-6-14-29-20)24(27)21-8-4-5-9-22(21)25/h4-14,23H,1,15-16H2,2-3H3. The number of methoxy groups -OCH3 is 1. The van der Waals surface area contributed by atoms with Gasteiger partial charge < -0.3 is 14.1 Å². The van der Waals surface area contributed by atoms with E-state index in [1.165, 1.54) is 0 Å². The molecule has 0 radical (unpaired) electrons. The van der Waals surface area contributed by atoms with Gasteiger partial charge in [-0.2, -0.15) is 0 Å². The van der Waals surface area contributed by atoms with Crippen LogP contribution in [0.1, 0.15) is 41.1 Å². The number of halogens is 1. The van der Waals surface area contributed by atoms with E-state index in [0.29, 0.717) is 29.3 Å². The SMILES string of the molecule is C=C(C)CC(c1ccc(OC)cc1)N(Cc1ccco1)C(=O)c1ccccc1Cl. The molecule has 3 rings (SSSR count). The summed E-state index contributed by atoms with van der Waals surface area (Å²) in [5.74, 6) is 1.30. The molecule has 0 bridgehead atoms. The number of amides is 1. The van der Waals surface area contributed by atoms with Crippen molar-refractivity contribution in [1.29, 1.82) is 0 Å². The fraction of sp³-hybridized carbons (Fsp3) is 0.208. The number of benzene rings is 2. The Hall–Kier alpha value is -2.98. The van der Waals surface area contributed by atoms with E-state index in [4.69, 9.17) is 20.8 Å². The first-order chi connectivity index (χ1) is 14.0. The average molecular weight is 410 g/mol. The predicted molar refractivity (Wildman–Crippen MR) is 115 cm³/mol. The first-order valence-electron chi connectivity index (χ1n) is 9.35. The molecule has 3 aromatic rings. The van der Waals surface area contributed by atoms with Gasteiger partial charge in [0, 0.05) is 0 Å². The smallest absolute Gasteiger partial charge is 0.256 e. The van der Waals surface area contributed by atoms with Gasteiger partial charge in [-0.25, -0.2) is 0 Å². The lowest BCUT2D eigenvalue weighted by Gasteiger charge is -2.32. The number of furan rings is 1. The number of hydrogen-bond acceptors (Lipinski definition) is 3. The monoisotopic (exact) mass is 409 g/mol. The first kappa shape index (κ1) is 20.7. The lowest BCUT2D eigenvalue weighted by molar-refractivity contribution is 0.0641. The van der Waals surface area contributed by atoms with E-state index >= 15 is 0 Å². The second-order valence-corrected chi connectivity index (χ2v) is 7.35. The summed E-state index contributed by atoms with van der Waals surface area (Å²) in [6.07, 6.45) is 2.22. The van der Waals surface area contributed by atoms with Crippen LogP contribution in [0.2, 0.25) is 5.02 Å². The van der Waals surface area contributed by atoms with Gasteiger partial charge >= 0.3 is 0 Å². The Morgan fingerprint density at radius 2 is 1.86 bits per heavy atom. The maximum Gasteiger partial charge on any atom is 0.256 e. The van der Waals surface area contributed by atoms with Gasteiger partial charge in [-0.15, -0.1) is 6.58 Å². The van der Waals surface area contributed by atoms with Gasteiger partial charge in [0.25, 0.3) is 5.91 Å². The van der Waals surface area contributed by atoms with Crippen LogP contribution in [0.15, 0.2) is 83.5 Å². The van der Waals surface area contributed by atoms with E-state index in [1.807, 2.05) is 55.5 Å². The van der Waals surface area contributed by atoms with Crippen molar-refractivity contribution in [2.24, 2.45) is 0 Å². The number of carbonyl (C=O) groups excluding carboxylic acids is 1. The molecule has 1 unspecified atom stereocenters. The fourth-order valence-corrected chi connectivity index (χ4v) is 3.46. The van der Waals surface area contributed by atoms with Gasteiger partial charge in [0.2, 0.25) is 0 Å². The lowest BCUT2D eigenvalue weighted by Crippen LogP contribution is -2.35. The Morgan fingerprint density at radius 3 is 2.45 bits per heavy atom. The Bertz CT molecular complexity index is 964. The topological polar surface area (TPSA) is 42.7 Å². The molecule has 150 valence electrons. The van der Waals surface area contributed by atoms with Crippen LogP contribution < -0.4 is 4.74 Å². The van der Waals surface area contributed by atoms with Crippen molar-refractivity contribution in [3.63, 3.8) is 0 Å². The summed E-state index contributed by atoms with van der Waals surface area (Å²) >= 11 is 6.34. The van der Waals surface area contributed by atoms with Gasteiger partial charge in [-0.3, -0.25) is 4.79 Å². The van der Waals surface area contributed by atoms with Crippen molar-refractivity contribution >= 4 is 17.5 Å². The molecule has 0 aliphatic carbocycles. The minimum absolute atomic E-state index is 0.158. The molecule has 0 saturated heterocycles. The van der Waals surface area contributed by atoms with Gasteiger partial charge in [0.15, 0.2) is 0 Å². The van der Waals surface area contributed by atoms with Crippen molar-refractivity contribution in [2.45, 2.75) is 25.9 Å². The summed E-state index contributed by atoms with van der Waals surface area (Å²) in [5, 5.41) is 0.422. The Morgan fingerprint density at radius 1 is 1.14 bits per heavy atom. The van der Waals surface area contributed by atoms with Crippen LogP contribution >= 0.6 is 11.6 Å². The second-order valence-electron chi connectivity index (χ2n) is 6.94. The largest absolute Gasteiger partial charge is 0.497 e. The van der Waals surface area contributed by atoms with E-state index in [2.05, 4.69) is 6.58 Å². The molecule has 1 aromatic heterocycles. The lowest BCUT2D eigenvalue weighted by atomic mass is 9.97. The molecule has 2 aromatic carbocycles. The zero-order valence-electron chi connectivity index (χ0n) is 16.6. The van der Waals surface area contributed by atoms with E-state index in [1.54, 1.807) is 30.4 Å². The maximum absolute atomic E-state index is 13.6. The minimum Gasteiger partial charge on any atom is -0.497 e. The highest BCUT2D eigenvalue weighted by atomic mass is 35.5. The summed E-state index contributed by atoms with van der Waals surface area (Å²) in [7, 11) is 1.63. The zero-order valence-corrected chi connectivity index (χ0v) is 17.4. The molecule has 0 fully saturated rings. The van der Waals surface area contributed by atoms with Crippen LogP contribution in [0, 0.1) is 0 Å². The van der Waals surface area contributed by atoms with Crippen LogP contribution in [0.3, 0.4) is 0 Å². The molecule has 1 atom stereocenters. The normalized spacial score (nSPS) is 11.7. The molecule has 0 saturated carbocycles. The van der Waals surface area contributed by atoms with E-state index in [0.717, 1.165) is 16.9 Å². The number of carbonyl (C=O) groups is 1. The van der Waals surface area contributed by atoms with Crippen LogP contribution in [-0.4, -0.2) is 17.9 Å². The number of rotatable bonds is 8. The van der Waals surface area contributed by atoms with Crippen LogP contribution in [-0.2, 0) is 6.54 Å². The van der Waals surface area contributed by atoms with Gasteiger partial charge in [-0.1, -0.05) is 41.4 Å². The quantitative estimate of drug-likeness (QED) is 0.410. The van der Waals surface area contributed by atoms with Gasteiger partial charge in [0.05, 0.1) is 36.5 Å². The first-order valence-corrected chi connectivity index (χ1v) is 9.73. The maximum atomic E-state index is 13.6. The number of hydrogen-bond donors (Lipinski definition) is 0. The highest BCUT2D eigenvalue weighted by Crippen LogP contribution is 2.32. The third kappa shape index (κ3) is 5.09. The van der Waals surface area contributed by atoms with Gasteiger partial charge in [-0.05, 0) is 55.3 Å². The van der Waals surface area contributed by atoms with Crippen molar-refractivity contribution in [3.8, 4) is 5.75 Å². The summed E-state index contributed by atoms with van der Waals surface area (Å²) in [5.41, 5.74) is 2.42. The highest BCUT2D eigenvalue weighted by Gasteiger charge is 2.28. The molecule has 0 spiro atoms. The van der Waals surface area contributed by atoms with Crippen LogP contribution in [0.25, 0.3) is 0 Å². The van der Waals surface area contributed by atoms with Crippen molar-refractivity contribution in [2.75, 3.05) is 7.11 Å². The average Bonchev–Trinajstić information content (AvgIpc) is 3.24. The molecular formula is C24H24ClNO3. The summed E-state index contributed by atoms with van der Waals surface area (Å²) in [6, 6.07) is 18.3. The van der Waals surface area contributed by atoms with Crippen molar-refractivity contribution < 1.29 is 13.9 Å². The Kier molecular flexibility index (Phi) is 6.78. The molecule has 5 heteroatoms. The number of ether oxygens (including phenoxy) is 1. The van der Waals surface area contributed by atoms with E-state index < -0.39 is 0 Å². The second kappa shape index (κ2) is 9.48. The van der Waals surface area contributed by atoms with E-state index in [9.17, 15) is 4.79 Å². The van der Waals surface area contributed by atoms with Crippen LogP contribution in [0.5, 0.6) is 5.75 Å². The molecule has 29 heavy (non-hydrogen) atoms. The predicted octanol–water partition coefficient (Wildman–Crippen LogP) is 6.29. The zero-order chi connectivity index (χ0) is 20.8. The summed E-state index contributed by atoms with van der Waals surface area (Å²) in [6.45, 7) is 6.35. The third-order valence-corrected chi connectivity index (χ3v) is 5.02.